The van der Waals surface area contributed by atoms with Gasteiger partial charge in [0.25, 0.3) is 0 Å². The number of aromatic amines is 1. The van der Waals surface area contributed by atoms with Crippen molar-refractivity contribution in [3.8, 4) is 0 Å². The summed E-state index contributed by atoms with van der Waals surface area (Å²) in [6.07, 6.45) is 3.42. The van der Waals surface area contributed by atoms with Crippen LogP contribution in [0.1, 0.15) is 10.4 Å². The summed E-state index contributed by atoms with van der Waals surface area (Å²) >= 11 is 1.41. The summed E-state index contributed by atoms with van der Waals surface area (Å²) in [6, 6.07) is 9.28. The first-order valence-corrected chi connectivity index (χ1v) is 5.55. The Bertz CT molecular complexity index is 431. The van der Waals surface area contributed by atoms with E-state index in [1.165, 1.54) is 11.8 Å². The third-order valence-corrected chi connectivity index (χ3v) is 2.81. The number of ketones is 1. The molecule has 5 heteroatoms. The fourth-order valence-electron chi connectivity index (χ4n) is 1.17. The SMILES string of the molecule is Br.O=C(CSc1ncc[nH]1)c1ccccc1. The average molecular weight is 299 g/mol. The molecular weight excluding hydrogens is 288 g/mol. The van der Waals surface area contributed by atoms with E-state index in [4.69, 9.17) is 0 Å². The number of nitrogens with one attached hydrogen (secondary N) is 1. The highest BCUT2D eigenvalue weighted by Crippen LogP contribution is 2.13. The molecule has 0 unspecified atom stereocenters. The Morgan fingerprint density at radius 1 is 1.31 bits per heavy atom. The van der Waals surface area contributed by atoms with Crippen molar-refractivity contribution < 1.29 is 4.79 Å². The summed E-state index contributed by atoms with van der Waals surface area (Å²) in [5.41, 5.74) is 0.747. The summed E-state index contributed by atoms with van der Waals surface area (Å²) < 4.78 is 0. The number of Topliss-reactive ketones (excluding diaryl/α,β-unsaturated/α-hetero) is 1. The Morgan fingerprint density at radius 2 is 2.06 bits per heavy atom. The van der Waals surface area contributed by atoms with Crippen LogP contribution in [0.2, 0.25) is 0 Å². The Kier molecular flexibility index (Phi) is 5.28. The minimum atomic E-state index is 0. The first-order valence-electron chi connectivity index (χ1n) is 4.56. The molecule has 84 valence electrons. The normalized spacial score (nSPS) is 9.50. The van der Waals surface area contributed by atoms with Gasteiger partial charge in [0.05, 0.1) is 5.75 Å². The van der Waals surface area contributed by atoms with E-state index in [-0.39, 0.29) is 22.8 Å². The molecule has 2 rings (SSSR count). The standard InChI is InChI=1S/C11H10N2OS.BrH/c14-10(9-4-2-1-3-5-9)8-15-11-12-6-7-13-11;/h1-7H,8H2,(H,12,13);1H. The van der Waals surface area contributed by atoms with Crippen LogP contribution in [0, 0.1) is 0 Å². The van der Waals surface area contributed by atoms with Gasteiger partial charge in [-0.2, -0.15) is 0 Å². The minimum Gasteiger partial charge on any atom is -0.340 e. The van der Waals surface area contributed by atoms with Gasteiger partial charge in [0.15, 0.2) is 10.9 Å². The van der Waals surface area contributed by atoms with Crippen molar-refractivity contribution in [2.45, 2.75) is 5.16 Å². The number of hydrogen-bond donors (Lipinski definition) is 1. The zero-order valence-corrected chi connectivity index (χ0v) is 11.0. The second-order valence-electron chi connectivity index (χ2n) is 2.97. The smallest absolute Gasteiger partial charge is 0.173 e. The quantitative estimate of drug-likeness (QED) is 0.697. The van der Waals surface area contributed by atoms with E-state index in [0.29, 0.717) is 5.75 Å². The number of benzene rings is 1. The Balaban J connectivity index is 0.00000128. The molecule has 0 atom stereocenters. The third-order valence-electron chi connectivity index (χ3n) is 1.91. The van der Waals surface area contributed by atoms with Gasteiger partial charge < -0.3 is 4.98 Å². The lowest BCUT2D eigenvalue weighted by atomic mass is 10.2. The van der Waals surface area contributed by atoms with Gasteiger partial charge >= 0.3 is 0 Å². The number of halogens is 1. The van der Waals surface area contributed by atoms with E-state index < -0.39 is 0 Å². The summed E-state index contributed by atoms with van der Waals surface area (Å²) in [4.78, 5) is 18.7. The van der Waals surface area contributed by atoms with Crippen molar-refractivity contribution in [3.05, 3.63) is 48.3 Å². The number of rotatable bonds is 4. The number of H-pyrrole nitrogens is 1. The molecule has 0 aliphatic heterocycles. The van der Waals surface area contributed by atoms with Crippen LogP contribution in [0.4, 0.5) is 0 Å². The summed E-state index contributed by atoms with van der Waals surface area (Å²) in [5, 5.41) is 0.777. The monoisotopic (exact) mass is 298 g/mol. The fraction of sp³-hybridized carbons (Fsp3) is 0.0909. The highest BCUT2D eigenvalue weighted by Gasteiger charge is 2.06. The summed E-state index contributed by atoms with van der Waals surface area (Å²) in [5.74, 6) is 0.536. The zero-order chi connectivity index (χ0) is 10.5. The van der Waals surface area contributed by atoms with Gasteiger partial charge in [-0.3, -0.25) is 4.79 Å². The van der Waals surface area contributed by atoms with E-state index in [1.807, 2.05) is 30.3 Å². The van der Waals surface area contributed by atoms with E-state index in [0.717, 1.165) is 10.7 Å². The van der Waals surface area contributed by atoms with Crippen LogP contribution in [0.3, 0.4) is 0 Å². The highest BCUT2D eigenvalue weighted by molar-refractivity contribution is 8.93. The lowest BCUT2D eigenvalue weighted by Gasteiger charge is -1.98. The first kappa shape index (κ1) is 13.0. The second kappa shape index (κ2) is 6.50. The molecule has 0 saturated carbocycles. The van der Waals surface area contributed by atoms with Gasteiger partial charge in [-0.1, -0.05) is 42.1 Å². The van der Waals surface area contributed by atoms with Crippen LogP contribution in [0.25, 0.3) is 0 Å². The number of aromatic nitrogens is 2. The lowest BCUT2D eigenvalue weighted by Crippen LogP contribution is -2.01. The van der Waals surface area contributed by atoms with Crippen molar-refractivity contribution in [2.24, 2.45) is 0 Å². The number of imidazole rings is 1. The van der Waals surface area contributed by atoms with Crippen LogP contribution >= 0.6 is 28.7 Å². The van der Waals surface area contributed by atoms with Gasteiger partial charge in [-0.25, -0.2) is 4.98 Å². The largest absolute Gasteiger partial charge is 0.340 e. The van der Waals surface area contributed by atoms with Gasteiger partial charge in [0.2, 0.25) is 0 Å². The maximum Gasteiger partial charge on any atom is 0.173 e. The fourth-order valence-corrected chi connectivity index (χ4v) is 1.89. The molecule has 1 aromatic heterocycles. The van der Waals surface area contributed by atoms with Crippen molar-refractivity contribution in [3.63, 3.8) is 0 Å². The molecule has 0 saturated heterocycles. The molecule has 0 fully saturated rings. The number of hydrogen-bond acceptors (Lipinski definition) is 3. The molecule has 16 heavy (non-hydrogen) atoms. The van der Waals surface area contributed by atoms with E-state index in [9.17, 15) is 4.79 Å². The summed E-state index contributed by atoms with van der Waals surface area (Å²) in [6.45, 7) is 0. The van der Waals surface area contributed by atoms with Gasteiger partial charge in [-0.15, -0.1) is 17.0 Å². The Labute approximate surface area is 108 Å². The number of carbonyl (C=O) groups is 1. The van der Waals surface area contributed by atoms with Crippen LogP contribution in [0.15, 0.2) is 47.9 Å². The number of carbonyl (C=O) groups excluding carboxylic acids is 1. The van der Waals surface area contributed by atoms with Crippen LogP contribution in [-0.4, -0.2) is 21.5 Å². The zero-order valence-electron chi connectivity index (χ0n) is 8.42. The third kappa shape index (κ3) is 3.50. The van der Waals surface area contributed by atoms with Crippen molar-refractivity contribution in [1.82, 2.24) is 9.97 Å². The molecular formula is C11H11BrN2OS. The van der Waals surface area contributed by atoms with Gasteiger partial charge in [-0.05, 0) is 0 Å². The van der Waals surface area contributed by atoms with Crippen LogP contribution < -0.4 is 0 Å². The van der Waals surface area contributed by atoms with E-state index >= 15 is 0 Å². The first-order chi connectivity index (χ1) is 7.36. The summed E-state index contributed by atoms with van der Waals surface area (Å²) in [7, 11) is 0. The van der Waals surface area contributed by atoms with Crippen molar-refractivity contribution in [2.75, 3.05) is 5.75 Å². The molecule has 1 aromatic carbocycles. The van der Waals surface area contributed by atoms with E-state index in [2.05, 4.69) is 9.97 Å². The van der Waals surface area contributed by atoms with Gasteiger partial charge in [0.1, 0.15) is 0 Å². The molecule has 0 radical (unpaired) electrons. The predicted octanol–water partition coefficient (Wildman–Crippen LogP) is 2.96. The second-order valence-corrected chi connectivity index (χ2v) is 3.94. The molecule has 1 N–H and O–H groups in total. The molecule has 0 amide bonds. The molecule has 0 aliphatic rings. The van der Waals surface area contributed by atoms with Crippen LogP contribution in [0.5, 0.6) is 0 Å². The predicted molar refractivity (Wildman–Crippen MR) is 70.4 cm³/mol. The highest BCUT2D eigenvalue weighted by atomic mass is 79.9. The maximum absolute atomic E-state index is 11.7. The molecule has 0 spiro atoms. The van der Waals surface area contributed by atoms with Crippen LogP contribution in [-0.2, 0) is 0 Å². The number of thioether (sulfide) groups is 1. The Hall–Kier alpha value is -1.07. The van der Waals surface area contributed by atoms with Gasteiger partial charge in [0, 0.05) is 18.0 Å². The Morgan fingerprint density at radius 3 is 2.69 bits per heavy atom. The van der Waals surface area contributed by atoms with E-state index in [1.54, 1.807) is 12.4 Å². The average Bonchev–Trinajstić information content (AvgIpc) is 2.80. The topological polar surface area (TPSA) is 45.8 Å². The number of nitrogens with zero attached hydrogens (tertiary/aromatic N) is 1. The minimum absolute atomic E-state index is 0. The van der Waals surface area contributed by atoms with Crippen molar-refractivity contribution in [1.29, 1.82) is 0 Å². The molecule has 1 heterocycles. The maximum atomic E-state index is 11.7. The molecule has 3 nitrogen and oxygen atoms in total. The van der Waals surface area contributed by atoms with Crippen molar-refractivity contribution >= 4 is 34.5 Å². The molecule has 2 aromatic rings. The lowest BCUT2D eigenvalue weighted by molar-refractivity contribution is 0.102. The molecule has 0 bridgehead atoms. The molecule has 0 aliphatic carbocycles.